The number of fused-ring (bicyclic) bond motifs is 5. The van der Waals surface area contributed by atoms with Gasteiger partial charge in [0.1, 0.15) is 6.10 Å². The second-order valence-corrected chi connectivity index (χ2v) is 10.6. The number of rotatable bonds is 1. The highest BCUT2D eigenvalue weighted by Gasteiger charge is 2.66. The van der Waals surface area contributed by atoms with Crippen molar-refractivity contribution in [2.75, 3.05) is 0 Å². The summed E-state index contributed by atoms with van der Waals surface area (Å²) in [5.41, 5.74) is -0.0711. The quantitative estimate of drug-likeness (QED) is 0.697. The lowest BCUT2D eigenvalue weighted by Gasteiger charge is -2.66. The number of hydrogen-bond acceptors (Lipinski definition) is 4. The molecule has 0 aliphatic heterocycles. The van der Waals surface area contributed by atoms with Crippen LogP contribution in [0.4, 0.5) is 0 Å². The van der Waals surface area contributed by atoms with Crippen LogP contribution < -0.4 is 0 Å². The first-order chi connectivity index (χ1) is 12.1. The van der Waals surface area contributed by atoms with Crippen molar-refractivity contribution >= 4 is 5.97 Å². The van der Waals surface area contributed by atoms with Gasteiger partial charge in [-0.25, -0.2) is 0 Å². The van der Waals surface area contributed by atoms with Gasteiger partial charge in [-0.2, -0.15) is 0 Å². The second-order valence-electron chi connectivity index (χ2n) is 10.6. The van der Waals surface area contributed by atoms with E-state index in [-0.39, 0.29) is 40.5 Å². The lowest BCUT2D eigenvalue weighted by Crippen LogP contribution is -2.63. The van der Waals surface area contributed by atoms with E-state index in [1.54, 1.807) is 0 Å². The van der Waals surface area contributed by atoms with Gasteiger partial charge in [-0.05, 0) is 80.0 Å². The summed E-state index contributed by atoms with van der Waals surface area (Å²) in [5, 5.41) is 21.9. The Kier molecular flexibility index (Phi) is 4.28. The predicted octanol–water partition coefficient (Wildman–Crippen LogP) is 3.68. The molecule has 148 valence electrons. The first-order valence-corrected chi connectivity index (χ1v) is 10.7. The zero-order valence-corrected chi connectivity index (χ0v) is 16.8. The van der Waals surface area contributed by atoms with Crippen LogP contribution in [0.2, 0.25) is 0 Å². The SMILES string of the molecule is CC(=O)OC1CCC2(C)C3CCC4(C)C(O)CCC4C3CC(O)C2(C)C1. The Morgan fingerprint density at radius 3 is 2.35 bits per heavy atom. The Labute approximate surface area is 157 Å². The second kappa shape index (κ2) is 5.94. The van der Waals surface area contributed by atoms with Crippen molar-refractivity contribution in [3.8, 4) is 0 Å². The van der Waals surface area contributed by atoms with Crippen molar-refractivity contribution in [2.45, 2.75) is 97.4 Å². The van der Waals surface area contributed by atoms with E-state index in [0.29, 0.717) is 17.8 Å². The third-order valence-electron chi connectivity index (χ3n) is 9.71. The Bertz CT molecular complexity index is 591. The largest absolute Gasteiger partial charge is 0.463 e. The third-order valence-corrected chi connectivity index (χ3v) is 9.71. The van der Waals surface area contributed by atoms with Crippen LogP contribution in [0.3, 0.4) is 0 Å². The van der Waals surface area contributed by atoms with E-state index in [1.807, 2.05) is 0 Å². The molecule has 4 nitrogen and oxygen atoms in total. The van der Waals surface area contributed by atoms with Crippen LogP contribution in [-0.4, -0.2) is 34.5 Å². The molecule has 4 rings (SSSR count). The van der Waals surface area contributed by atoms with Gasteiger partial charge < -0.3 is 14.9 Å². The van der Waals surface area contributed by atoms with E-state index < -0.39 is 0 Å². The number of carbonyl (C=O) groups is 1. The van der Waals surface area contributed by atoms with Gasteiger partial charge in [0.05, 0.1) is 12.2 Å². The van der Waals surface area contributed by atoms with Crippen LogP contribution in [-0.2, 0) is 9.53 Å². The Balaban J connectivity index is 1.64. The molecule has 0 aromatic carbocycles. The van der Waals surface area contributed by atoms with Crippen LogP contribution in [0.1, 0.15) is 79.1 Å². The van der Waals surface area contributed by atoms with Crippen molar-refractivity contribution in [2.24, 2.45) is 34.0 Å². The minimum atomic E-state index is -0.354. The number of aliphatic hydroxyl groups excluding tert-OH is 2. The highest BCUT2D eigenvalue weighted by Crippen LogP contribution is 2.69. The van der Waals surface area contributed by atoms with Crippen LogP contribution >= 0.6 is 0 Å². The summed E-state index contributed by atoms with van der Waals surface area (Å²) >= 11 is 0. The molecule has 0 radical (unpaired) electrons. The fourth-order valence-electron chi connectivity index (χ4n) is 7.91. The average molecular weight is 365 g/mol. The monoisotopic (exact) mass is 364 g/mol. The maximum atomic E-state index is 11.4. The average Bonchev–Trinajstić information content (AvgIpc) is 2.86. The molecule has 4 aliphatic carbocycles. The van der Waals surface area contributed by atoms with Crippen molar-refractivity contribution in [3.63, 3.8) is 0 Å². The number of ether oxygens (including phenoxy) is 1. The van der Waals surface area contributed by atoms with E-state index in [4.69, 9.17) is 4.74 Å². The van der Waals surface area contributed by atoms with Gasteiger partial charge in [-0.3, -0.25) is 4.79 Å². The number of carbonyl (C=O) groups excluding carboxylic acids is 1. The number of aliphatic hydroxyl groups is 2. The molecule has 0 aromatic rings. The smallest absolute Gasteiger partial charge is 0.302 e. The highest BCUT2D eigenvalue weighted by molar-refractivity contribution is 5.66. The molecule has 0 bridgehead atoms. The van der Waals surface area contributed by atoms with Crippen molar-refractivity contribution in [1.82, 2.24) is 0 Å². The zero-order chi connectivity index (χ0) is 18.9. The third kappa shape index (κ3) is 2.37. The zero-order valence-electron chi connectivity index (χ0n) is 16.8. The molecule has 0 spiro atoms. The van der Waals surface area contributed by atoms with Gasteiger partial charge in [0.15, 0.2) is 0 Å². The summed E-state index contributed by atoms with van der Waals surface area (Å²) < 4.78 is 5.55. The molecule has 26 heavy (non-hydrogen) atoms. The van der Waals surface area contributed by atoms with Gasteiger partial charge in [0, 0.05) is 12.3 Å². The first kappa shape index (κ1) is 18.7. The molecule has 0 saturated heterocycles. The summed E-state index contributed by atoms with van der Waals surface area (Å²) in [7, 11) is 0. The van der Waals surface area contributed by atoms with Crippen LogP contribution in [0.25, 0.3) is 0 Å². The van der Waals surface area contributed by atoms with E-state index in [1.165, 1.54) is 6.92 Å². The van der Waals surface area contributed by atoms with Crippen molar-refractivity contribution in [3.05, 3.63) is 0 Å². The first-order valence-electron chi connectivity index (χ1n) is 10.7. The molecular weight excluding hydrogens is 328 g/mol. The predicted molar refractivity (Wildman–Crippen MR) is 99.3 cm³/mol. The molecule has 4 aliphatic rings. The summed E-state index contributed by atoms with van der Waals surface area (Å²) in [6, 6.07) is 0. The normalized spacial score (nSPS) is 56.2. The molecule has 4 fully saturated rings. The van der Waals surface area contributed by atoms with Crippen LogP contribution in [0.5, 0.6) is 0 Å². The molecule has 0 heterocycles. The van der Waals surface area contributed by atoms with Crippen molar-refractivity contribution < 1.29 is 19.7 Å². The van der Waals surface area contributed by atoms with Gasteiger partial charge in [-0.15, -0.1) is 0 Å². The standard InChI is InChI=1S/C22H36O4/c1-13(23)26-14-7-10-21(3)17-8-9-20(2)16(5-6-18(20)24)15(17)11-19(25)22(21,4)12-14/h14-19,24-25H,5-12H2,1-4H3. The van der Waals surface area contributed by atoms with Crippen LogP contribution in [0.15, 0.2) is 0 Å². The van der Waals surface area contributed by atoms with Gasteiger partial charge in [-0.1, -0.05) is 20.8 Å². The molecule has 0 amide bonds. The minimum Gasteiger partial charge on any atom is -0.463 e. The van der Waals surface area contributed by atoms with E-state index in [9.17, 15) is 15.0 Å². The molecule has 9 atom stereocenters. The lowest BCUT2D eigenvalue weighted by atomic mass is 9.40. The van der Waals surface area contributed by atoms with Gasteiger partial charge in [0.2, 0.25) is 0 Å². The lowest BCUT2D eigenvalue weighted by molar-refractivity contribution is -0.224. The molecular formula is C22H36O4. The topological polar surface area (TPSA) is 66.8 Å². The minimum absolute atomic E-state index is 0.0416. The Morgan fingerprint density at radius 2 is 1.65 bits per heavy atom. The maximum absolute atomic E-state index is 11.4. The Morgan fingerprint density at radius 1 is 0.923 bits per heavy atom. The summed E-state index contributed by atoms with van der Waals surface area (Å²) in [6.45, 7) is 8.40. The van der Waals surface area contributed by atoms with E-state index in [2.05, 4.69) is 20.8 Å². The number of esters is 1. The summed E-state index contributed by atoms with van der Waals surface area (Å²) in [5.74, 6) is 1.46. The van der Waals surface area contributed by atoms with Gasteiger partial charge >= 0.3 is 5.97 Å². The van der Waals surface area contributed by atoms with E-state index >= 15 is 0 Å². The fourth-order valence-corrected chi connectivity index (χ4v) is 7.91. The fraction of sp³-hybridized carbons (Fsp3) is 0.955. The molecule has 0 aromatic heterocycles. The number of hydrogen-bond donors (Lipinski definition) is 2. The maximum Gasteiger partial charge on any atom is 0.302 e. The Hall–Kier alpha value is -0.610. The van der Waals surface area contributed by atoms with Crippen LogP contribution in [0, 0.1) is 34.0 Å². The summed E-state index contributed by atoms with van der Waals surface area (Å²) in [4.78, 5) is 11.4. The molecule has 9 unspecified atom stereocenters. The molecule has 2 N–H and O–H groups in total. The summed E-state index contributed by atoms with van der Waals surface area (Å²) in [6.07, 6.45) is 7.25. The highest BCUT2D eigenvalue weighted by atomic mass is 16.5. The molecule has 4 saturated carbocycles. The van der Waals surface area contributed by atoms with Crippen molar-refractivity contribution in [1.29, 1.82) is 0 Å². The van der Waals surface area contributed by atoms with Gasteiger partial charge in [0.25, 0.3) is 0 Å². The molecule has 4 heteroatoms. The van der Waals surface area contributed by atoms with E-state index in [0.717, 1.165) is 51.4 Å².